The second-order valence-electron chi connectivity index (χ2n) is 6.76. The van der Waals surface area contributed by atoms with E-state index in [1.54, 1.807) is 0 Å². The first-order chi connectivity index (χ1) is 10.1. The number of nitrogens with zero attached hydrogens (tertiary/aromatic N) is 1. The molecule has 122 valence electrons. The van der Waals surface area contributed by atoms with Crippen molar-refractivity contribution in [2.75, 3.05) is 13.2 Å². The van der Waals surface area contributed by atoms with Gasteiger partial charge in [0.15, 0.2) is 0 Å². The van der Waals surface area contributed by atoms with Crippen LogP contribution in [-0.2, 0) is 9.53 Å². The van der Waals surface area contributed by atoms with Gasteiger partial charge in [-0.05, 0) is 32.6 Å². The van der Waals surface area contributed by atoms with Crippen molar-refractivity contribution in [2.45, 2.75) is 89.9 Å². The molecule has 2 rings (SSSR count). The van der Waals surface area contributed by atoms with E-state index < -0.39 is 0 Å². The van der Waals surface area contributed by atoms with E-state index in [0.29, 0.717) is 12.7 Å². The molecule has 0 aromatic carbocycles. The van der Waals surface area contributed by atoms with Crippen LogP contribution in [0, 0.1) is 0 Å². The quantitative estimate of drug-likeness (QED) is 0.785. The van der Waals surface area contributed by atoms with Gasteiger partial charge in [-0.2, -0.15) is 0 Å². The number of ether oxygens (including phenoxy) is 1. The average molecular weight is 296 g/mol. The number of rotatable bonds is 7. The van der Waals surface area contributed by atoms with Crippen LogP contribution in [0.4, 0.5) is 0 Å². The summed E-state index contributed by atoms with van der Waals surface area (Å²) in [6.45, 7) is 7.68. The molecule has 4 heteroatoms. The van der Waals surface area contributed by atoms with Gasteiger partial charge >= 0.3 is 0 Å². The zero-order valence-electron chi connectivity index (χ0n) is 14.0. The predicted octanol–water partition coefficient (Wildman–Crippen LogP) is 3.06. The third-order valence-corrected chi connectivity index (χ3v) is 5.10. The monoisotopic (exact) mass is 296 g/mol. The Morgan fingerprint density at radius 2 is 2.00 bits per heavy atom. The summed E-state index contributed by atoms with van der Waals surface area (Å²) in [6.07, 6.45) is 9.87. The summed E-state index contributed by atoms with van der Waals surface area (Å²) < 4.78 is 6.00. The van der Waals surface area contributed by atoms with Crippen molar-refractivity contribution >= 4 is 5.91 Å². The number of hydrogen-bond donors (Lipinski definition) is 1. The highest BCUT2D eigenvalue weighted by Gasteiger charge is 2.45. The molecule has 1 saturated heterocycles. The molecule has 2 unspecified atom stereocenters. The van der Waals surface area contributed by atoms with E-state index in [2.05, 4.69) is 19.2 Å². The van der Waals surface area contributed by atoms with Crippen molar-refractivity contribution in [3.63, 3.8) is 0 Å². The number of hydrogen-bond acceptors (Lipinski definition) is 3. The maximum Gasteiger partial charge on any atom is 0.243 e. The van der Waals surface area contributed by atoms with Crippen LogP contribution in [0.3, 0.4) is 0 Å². The molecule has 1 N–H and O–H groups in total. The van der Waals surface area contributed by atoms with Crippen LogP contribution in [0.1, 0.15) is 72.1 Å². The van der Waals surface area contributed by atoms with Crippen LogP contribution in [0.2, 0.25) is 0 Å². The molecule has 21 heavy (non-hydrogen) atoms. The fourth-order valence-corrected chi connectivity index (χ4v) is 3.53. The molecule has 1 aliphatic carbocycles. The van der Waals surface area contributed by atoms with Crippen molar-refractivity contribution in [3.05, 3.63) is 0 Å². The Morgan fingerprint density at radius 1 is 1.29 bits per heavy atom. The van der Waals surface area contributed by atoms with Crippen molar-refractivity contribution in [2.24, 2.45) is 0 Å². The first-order valence-corrected chi connectivity index (χ1v) is 8.81. The fourth-order valence-electron chi connectivity index (χ4n) is 3.53. The lowest BCUT2D eigenvalue weighted by Crippen LogP contribution is -2.43. The number of nitrogens with one attached hydrogen (secondary N) is 1. The summed E-state index contributed by atoms with van der Waals surface area (Å²) in [4.78, 5) is 14.6. The summed E-state index contributed by atoms with van der Waals surface area (Å²) in [6, 6.07) is 0. The number of carbonyl (C=O) groups excluding carboxylic acids is 1. The largest absolute Gasteiger partial charge is 0.376 e. The van der Waals surface area contributed by atoms with Gasteiger partial charge in [-0.15, -0.1) is 0 Å². The van der Waals surface area contributed by atoms with E-state index >= 15 is 0 Å². The van der Waals surface area contributed by atoms with Crippen LogP contribution in [0.15, 0.2) is 0 Å². The Kier molecular flexibility index (Phi) is 6.06. The molecule has 1 saturated carbocycles. The van der Waals surface area contributed by atoms with E-state index in [4.69, 9.17) is 4.74 Å². The predicted molar refractivity (Wildman–Crippen MR) is 85.1 cm³/mol. The van der Waals surface area contributed by atoms with Crippen LogP contribution in [0.25, 0.3) is 0 Å². The van der Waals surface area contributed by atoms with Crippen molar-refractivity contribution < 1.29 is 9.53 Å². The molecule has 0 aromatic rings. The lowest BCUT2D eigenvalue weighted by molar-refractivity contribution is -0.134. The highest BCUT2D eigenvalue weighted by molar-refractivity contribution is 5.88. The van der Waals surface area contributed by atoms with Gasteiger partial charge in [-0.1, -0.05) is 39.5 Å². The molecule has 1 heterocycles. The SMILES string of the molecule is CCCC1NC(C)(CC)C(=O)N1CCOC1CCCCC1. The first-order valence-electron chi connectivity index (χ1n) is 8.81. The van der Waals surface area contributed by atoms with E-state index in [-0.39, 0.29) is 17.6 Å². The summed E-state index contributed by atoms with van der Waals surface area (Å²) in [5.74, 6) is 0.246. The third-order valence-electron chi connectivity index (χ3n) is 5.10. The summed E-state index contributed by atoms with van der Waals surface area (Å²) in [7, 11) is 0. The van der Waals surface area contributed by atoms with Crippen LogP contribution >= 0.6 is 0 Å². The van der Waals surface area contributed by atoms with Crippen molar-refractivity contribution in [1.29, 1.82) is 0 Å². The lowest BCUT2D eigenvalue weighted by atomic mass is 9.98. The van der Waals surface area contributed by atoms with Gasteiger partial charge in [0.05, 0.1) is 24.4 Å². The Bertz CT molecular complexity index is 342. The van der Waals surface area contributed by atoms with E-state index in [0.717, 1.165) is 25.8 Å². The van der Waals surface area contributed by atoms with Gasteiger partial charge in [-0.3, -0.25) is 10.1 Å². The molecular weight excluding hydrogens is 264 g/mol. The van der Waals surface area contributed by atoms with Gasteiger partial charge in [0, 0.05) is 6.54 Å². The fraction of sp³-hybridized carbons (Fsp3) is 0.941. The Labute approximate surface area is 129 Å². The van der Waals surface area contributed by atoms with Gasteiger partial charge in [0.25, 0.3) is 0 Å². The Balaban J connectivity index is 1.85. The molecule has 0 bridgehead atoms. The van der Waals surface area contributed by atoms with Gasteiger partial charge in [0.2, 0.25) is 5.91 Å². The molecule has 0 aromatic heterocycles. The third kappa shape index (κ3) is 3.98. The van der Waals surface area contributed by atoms with Gasteiger partial charge in [-0.25, -0.2) is 0 Å². The number of amides is 1. The minimum absolute atomic E-state index is 0.183. The van der Waals surface area contributed by atoms with E-state index in [1.807, 2.05) is 11.8 Å². The zero-order chi connectivity index (χ0) is 15.3. The van der Waals surface area contributed by atoms with Crippen molar-refractivity contribution in [1.82, 2.24) is 10.2 Å². The summed E-state index contributed by atoms with van der Waals surface area (Å²) >= 11 is 0. The summed E-state index contributed by atoms with van der Waals surface area (Å²) in [5, 5.41) is 3.53. The Hall–Kier alpha value is -0.610. The smallest absolute Gasteiger partial charge is 0.243 e. The maximum atomic E-state index is 12.6. The Morgan fingerprint density at radius 3 is 2.62 bits per heavy atom. The molecule has 2 aliphatic rings. The molecular formula is C17H32N2O2. The molecule has 4 nitrogen and oxygen atoms in total. The maximum absolute atomic E-state index is 12.6. The molecule has 0 radical (unpaired) electrons. The highest BCUT2D eigenvalue weighted by atomic mass is 16.5. The molecule has 1 amide bonds. The normalized spacial score (nSPS) is 31.1. The second kappa shape index (κ2) is 7.59. The standard InChI is InChI=1S/C17H32N2O2/c1-4-9-15-18-17(3,5-2)16(20)19(15)12-13-21-14-10-7-6-8-11-14/h14-15,18H,4-13H2,1-3H3. The molecule has 2 atom stereocenters. The highest BCUT2D eigenvalue weighted by Crippen LogP contribution is 2.26. The summed E-state index contributed by atoms with van der Waals surface area (Å²) in [5.41, 5.74) is -0.384. The molecule has 2 fully saturated rings. The van der Waals surface area contributed by atoms with Gasteiger partial charge < -0.3 is 9.64 Å². The second-order valence-corrected chi connectivity index (χ2v) is 6.76. The minimum atomic E-state index is -0.384. The first kappa shape index (κ1) is 16.8. The average Bonchev–Trinajstić information content (AvgIpc) is 2.74. The van der Waals surface area contributed by atoms with Crippen LogP contribution in [-0.4, -0.2) is 41.8 Å². The van der Waals surface area contributed by atoms with Crippen LogP contribution < -0.4 is 5.32 Å². The molecule has 1 aliphatic heterocycles. The van der Waals surface area contributed by atoms with E-state index in [1.165, 1.54) is 32.1 Å². The van der Waals surface area contributed by atoms with E-state index in [9.17, 15) is 4.79 Å². The molecule has 0 spiro atoms. The van der Waals surface area contributed by atoms with Crippen molar-refractivity contribution in [3.8, 4) is 0 Å². The zero-order valence-corrected chi connectivity index (χ0v) is 14.0. The number of carbonyl (C=O) groups is 1. The lowest BCUT2D eigenvalue weighted by Gasteiger charge is -2.26. The minimum Gasteiger partial charge on any atom is -0.376 e. The topological polar surface area (TPSA) is 41.6 Å². The van der Waals surface area contributed by atoms with Crippen LogP contribution in [0.5, 0.6) is 0 Å². The van der Waals surface area contributed by atoms with Gasteiger partial charge in [0.1, 0.15) is 0 Å².